The highest BCUT2D eigenvalue weighted by Gasteiger charge is 2.09. The predicted octanol–water partition coefficient (Wildman–Crippen LogP) is 4.74. The molecule has 0 unspecified atom stereocenters. The van der Waals surface area contributed by atoms with E-state index in [-0.39, 0.29) is 0 Å². The molecule has 0 aliphatic rings. The maximum Gasteiger partial charge on any atom is 0.271 e. The van der Waals surface area contributed by atoms with Gasteiger partial charge < -0.3 is 0 Å². The zero-order valence-corrected chi connectivity index (χ0v) is 18.7. The van der Waals surface area contributed by atoms with Gasteiger partial charge in [-0.15, -0.1) is 0 Å². The number of hydrogen-bond acceptors (Lipinski definition) is 4. The van der Waals surface area contributed by atoms with Crippen molar-refractivity contribution >= 4 is 56.1 Å². The minimum Gasteiger partial charge on any atom is -0.267 e. The molecule has 0 fully saturated rings. The van der Waals surface area contributed by atoms with Gasteiger partial charge in [0.2, 0.25) is 0 Å². The van der Waals surface area contributed by atoms with Crippen LogP contribution in [0.5, 0.6) is 0 Å². The molecule has 0 aliphatic carbocycles. The average molecular weight is 528 g/mol. The second-order valence-corrected chi connectivity index (χ2v) is 7.92. The molecule has 0 aliphatic heterocycles. The summed E-state index contributed by atoms with van der Waals surface area (Å²) in [4.78, 5) is 24.6. The average Bonchev–Trinajstić information content (AvgIpc) is 2.74. The van der Waals surface area contributed by atoms with Gasteiger partial charge in [0.05, 0.1) is 12.4 Å². The quantitative estimate of drug-likeness (QED) is 0.358. The van der Waals surface area contributed by atoms with E-state index in [0.717, 1.165) is 20.1 Å². The van der Waals surface area contributed by atoms with Gasteiger partial charge in [0.25, 0.3) is 11.8 Å². The molecule has 8 heteroatoms. The Bertz CT molecular complexity index is 1040. The van der Waals surface area contributed by atoms with Crippen LogP contribution in [0.2, 0.25) is 0 Å². The van der Waals surface area contributed by atoms with Crippen LogP contribution in [0.4, 0.5) is 0 Å². The van der Waals surface area contributed by atoms with E-state index < -0.39 is 11.8 Å². The summed E-state index contributed by atoms with van der Waals surface area (Å²) in [6, 6.07) is 21.3. The van der Waals surface area contributed by atoms with Crippen molar-refractivity contribution in [3.63, 3.8) is 0 Å². The maximum absolute atomic E-state index is 12.3. The van der Waals surface area contributed by atoms with E-state index in [1.807, 2.05) is 48.5 Å². The largest absolute Gasteiger partial charge is 0.271 e. The van der Waals surface area contributed by atoms with Gasteiger partial charge in [-0.05, 0) is 53.6 Å². The summed E-state index contributed by atoms with van der Waals surface area (Å²) < 4.78 is 1.83. The fraction of sp³-hybridized carbons (Fsp3) is 0. The van der Waals surface area contributed by atoms with Gasteiger partial charge in [-0.1, -0.05) is 62.2 Å². The topological polar surface area (TPSA) is 82.9 Å². The van der Waals surface area contributed by atoms with Crippen LogP contribution in [0.3, 0.4) is 0 Å². The lowest BCUT2D eigenvalue weighted by atomic mass is 10.1. The van der Waals surface area contributed by atoms with Crippen molar-refractivity contribution < 1.29 is 9.59 Å². The molecule has 30 heavy (non-hydrogen) atoms. The van der Waals surface area contributed by atoms with Crippen molar-refractivity contribution in [1.29, 1.82) is 0 Å². The van der Waals surface area contributed by atoms with Crippen molar-refractivity contribution in [2.24, 2.45) is 10.2 Å². The number of amides is 2. The van der Waals surface area contributed by atoms with E-state index in [4.69, 9.17) is 0 Å². The van der Waals surface area contributed by atoms with E-state index in [2.05, 4.69) is 52.9 Å². The first-order chi connectivity index (χ1) is 14.5. The van der Waals surface area contributed by atoms with Crippen molar-refractivity contribution in [3.05, 3.63) is 104 Å². The Labute approximate surface area is 190 Å². The maximum atomic E-state index is 12.3. The number of rotatable bonds is 6. The molecule has 0 bridgehead atoms. The fourth-order valence-corrected chi connectivity index (χ4v) is 3.27. The van der Waals surface area contributed by atoms with Crippen molar-refractivity contribution in [3.8, 4) is 0 Å². The van der Waals surface area contributed by atoms with Crippen LogP contribution in [0.1, 0.15) is 31.8 Å². The number of hydrogen-bond donors (Lipinski definition) is 2. The highest BCUT2D eigenvalue weighted by molar-refractivity contribution is 9.10. The fourth-order valence-electron chi connectivity index (χ4n) is 2.44. The van der Waals surface area contributed by atoms with Crippen LogP contribution in [-0.4, -0.2) is 24.2 Å². The molecule has 0 spiro atoms. The third-order valence-electron chi connectivity index (χ3n) is 3.84. The van der Waals surface area contributed by atoms with Gasteiger partial charge >= 0.3 is 0 Å². The molecule has 0 saturated carbocycles. The SMILES string of the molecule is O=C(N/N=C\c1cccc(Br)c1)c1cccc(C(=O)N/N=C\c2cccc(Br)c2)c1. The van der Waals surface area contributed by atoms with Crippen LogP contribution in [0.25, 0.3) is 0 Å². The molecule has 0 aromatic heterocycles. The number of hydrazone groups is 2. The van der Waals surface area contributed by atoms with Gasteiger partial charge in [0, 0.05) is 20.1 Å². The Balaban J connectivity index is 1.60. The first-order valence-corrected chi connectivity index (χ1v) is 10.4. The second kappa shape index (κ2) is 10.6. The molecule has 0 radical (unpaired) electrons. The minimum atomic E-state index is -0.423. The molecular formula is C22H16Br2N4O2. The van der Waals surface area contributed by atoms with E-state index in [1.54, 1.807) is 18.2 Å². The number of nitrogens with zero attached hydrogens (tertiary/aromatic N) is 2. The minimum absolute atomic E-state index is 0.310. The third kappa shape index (κ3) is 6.47. The zero-order valence-electron chi connectivity index (χ0n) is 15.5. The molecule has 2 N–H and O–H groups in total. The Hall–Kier alpha value is -3.10. The Morgan fingerprint density at radius 1 is 0.667 bits per heavy atom. The smallest absolute Gasteiger partial charge is 0.267 e. The molecule has 0 saturated heterocycles. The molecule has 6 nitrogen and oxygen atoms in total. The van der Waals surface area contributed by atoms with Crippen molar-refractivity contribution in [1.82, 2.24) is 10.9 Å². The second-order valence-electron chi connectivity index (χ2n) is 6.09. The number of benzene rings is 3. The molecule has 2 amide bonds. The summed E-state index contributed by atoms with van der Waals surface area (Å²) in [6.45, 7) is 0. The predicted molar refractivity (Wildman–Crippen MR) is 125 cm³/mol. The lowest BCUT2D eigenvalue weighted by Crippen LogP contribution is -2.20. The molecule has 0 heterocycles. The van der Waals surface area contributed by atoms with Crippen molar-refractivity contribution in [2.45, 2.75) is 0 Å². The number of carbonyl (C=O) groups excluding carboxylic acids is 2. The van der Waals surface area contributed by atoms with E-state index in [1.165, 1.54) is 18.5 Å². The van der Waals surface area contributed by atoms with Gasteiger partial charge in [-0.25, -0.2) is 10.9 Å². The van der Waals surface area contributed by atoms with E-state index in [9.17, 15) is 9.59 Å². The van der Waals surface area contributed by atoms with Gasteiger partial charge in [0.15, 0.2) is 0 Å². The van der Waals surface area contributed by atoms with Crippen LogP contribution in [0.15, 0.2) is 91.9 Å². The summed E-state index contributed by atoms with van der Waals surface area (Å²) >= 11 is 6.75. The van der Waals surface area contributed by atoms with Crippen LogP contribution in [-0.2, 0) is 0 Å². The molecular weight excluding hydrogens is 512 g/mol. The summed E-state index contributed by atoms with van der Waals surface area (Å²) in [7, 11) is 0. The zero-order chi connectivity index (χ0) is 21.3. The van der Waals surface area contributed by atoms with E-state index in [0.29, 0.717) is 11.1 Å². The molecule has 150 valence electrons. The monoisotopic (exact) mass is 526 g/mol. The normalized spacial score (nSPS) is 11.0. The molecule has 0 atom stereocenters. The lowest BCUT2D eigenvalue weighted by molar-refractivity contribution is 0.0954. The summed E-state index contributed by atoms with van der Waals surface area (Å²) in [5.41, 5.74) is 7.19. The van der Waals surface area contributed by atoms with Crippen molar-refractivity contribution in [2.75, 3.05) is 0 Å². The number of nitrogens with one attached hydrogen (secondary N) is 2. The van der Waals surface area contributed by atoms with E-state index >= 15 is 0 Å². The highest BCUT2D eigenvalue weighted by atomic mass is 79.9. The van der Waals surface area contributed by atoms with Crippen LogP contribution in [0, 0.1) is 0 Å². The highest BCUT2D eigenvalue weighted by Crippen LogP contribution is 2.11. The van der Waals surface area contributed by atoms with Crippen LogP contribution >= 0.6 is 31.9 Å². The molecule has 3 aromatic carbocycles. The molecule has 3 rings (SSSR count). The van der Waals surface area contributed by atoms with Gasteiger partial charge in [-0.2, -0.15) is 10.2 Å². The summed E-state index contributed by atoms with van der Waals surface area (Å²) in [5.74, 6) is -0.845. The molecule has 3 aromatic rings. The first-order valence-electron chi connectivity index (χ1n) is 8.79. The van der Waals surface area contributed by atoms with Crippen LogP contribution < -0.4 is 10.9 Å². The summed E-state index contributed by atoms with van der Waals surface area (Å²) in [5, 5.41) is 7.90. The first kappa shape index (κ1) is 21.6. The Kier molecular flexibility index (Phi) is 7.64. The number of carbonyl (C=O) groups is 2. The Morgan fingerprint density at radius 3 is 1.53 bits per heavy atom. The van der Waals surface area contributed by atoms with Gasteiger partial charge in [0.1, 0.15) is 0 Å². The third-order valence-corrected chi connectivity index (χ3v) is 4.83. The standard InChI is InChI=1S/C22H16Br2N4O2/c23-19-8-1-4-15(10-19)13-25-27-21(29)17-6-3-7-18(12-17)22(30)28-26-14-16-5-2-9-20(24)11-16/h1-14H,(H,27,29)(H,28,30)/b25-13-,26-14-. The lowest BCUT2D eigenvalue weighted by Gasteiger charge is -2.04. The number of halogens is 2. The Morgan fingerprint density at radius 2 is 1.10 bits per heavy atom. The summed E-state index contributed by atoms with van der Waals surface area (Å²) in [6.07, 6.45) is 3.08. The van der Waals surface area contributed by atoms with Gasteiger partial charge in [-0.3, -0.25) is 9.59 Å².